The first-order valence-electron chi connectivity index (χ1n) is 9.47. The molecule has 1 aliphatic rings. The lowest BCUT2D eigenvalue weighted by atomic mass is 9.76. The SMILES string of the molecule is COc1ccc(-c2cc(C[C@]3(C(=O)O)CCCN(C(=O)C(C)C)C3)on2)cc1. The highest BCUT2D eigenvalue weighted by Gasteiger charge is 2.45. The lowest BCUT2D eigenvalue weighted by molar-refractivity contribution is -0.156. The van der Waals surface area contributed by atoms with E-state index in [4.69, 9.17) is 9.26 Å². The van der Waals surface area contributed by atoms with Gasteiger partial charge in [-0.3, -0.25) is 9.59 Å². The molecule has 0 bridgehead atoms. The van der Waals surface area contributed by atoms with Crippen LogP contribution >= 0.6 is 0 Å². The van der Waals surface area contributed by atoms with Crippen LogP contribution in [0.2, 0.25) is 0 Å². The molecule has 7 heteroatoms. The summed E-state index contributed by atoms with van der Waals surface area (Å²) in [4.78, 5) is 26.2. The Bertz CT molecular complexity index is 843. The predicted octanol–water partition coefficient (Wildman–Crippen LogP) is 3.24. The third-order valence-electron chi connectivity index (χ3n) is 5.29. The van der Waals surface area contributed by atoms with E-state index >= 15 is 0 Å². The van der Waals surface area contributed by atoms with Gasteiger partial charge in [0.1, 0.15) is 17.2 Å². The van der Waals surface area contributed by atoms with Gasteiger partial charge in [-0.2, -0.15) is 0 Å². The summed E-state index contributed by atoms with van der Waals surface area (Å²) in [5.41, 5.74) is 0.448. The molecule has 1 saturated heterocycles. The summed E-state index contributed by atoms with van der Waals surface area (Å²) < 4.78 is 10.6. The number of rotatable bonds is 6. The van der Waals surface area contributed by atoms with E-state index in [0.29, 0.717) is 30.8 Å². The van der Waals surface area contributed by atoms with E-state index in [0.717, 1.165) is 11.3 Å². The molecule has 2 aromatic rings. The number of benzene rings is 1. The van der Waals surface area contributed by atoms with E-state index in [1.165, 1.54) is 0 Å². The van der Waals surface area contributed by atoms with Gasteiger partial charge in [-0.1, -0.05) is 19.0 Å². The number of aliphatic carboxylic acids is 1. The largest absolute Gasteiger partial charge is 0.497 e. The van der Waals surface area contributed by atoms with Gasteiger partial charge in [-0.15, -0.1) is 0 Å². The van der Waals surface area contributed by atoms with Crippen LogP contribution in [0.15, 0.2) is 34.9 Å². The molecule has 150 valence electrons. The van der Waals surface area contributed by atoms with E-state index in [9.17, 15) is 14.7 Å². The smallest absolute Gasteiger partial charge is 0.311 e. The normalized spacial score (nSPS) is 19.6. The quantitative estimate of drug-likeness (QED) is 0.819. The average molecular weight is 386 g/mol. The molecule has 0 spiro atoms. The standard InChI is InChI=1S/C21H26N2O5/c1-14(2)19(24)23-10-4-9-21(13-23,20(25)26)12-17-11-18(22-28-17)15-5-7-16(27-3)8-6-15/h5-8,11,14H,4,9-10,12-13H2,1-3H3,(H,25,26)/t21-/m1/s1. The minimum atomic E-state index is -1.06. The summed E-state index contributed by atoms with van der Waals surface area (Å²) in [6.45, 7) is 4.45. The molecule has 1 aromatic carbocycles. The van der Waals surface area contributed by atoms with Crippen molar-refractivity contribution in [3.8, 4) is 17.0 Å². The second-order valence-electron chi connectivity index (χ2n) is 7.69. The number of carbonyl (C=O) groups excluding carboxylic acids is 1. The fraction of sp³-hybridized carbons (Fsp3) is 0.476. The number of hydrogen-bond donors (Lipinski definition) is 1. The first-order valence-corrected chi connectivity index (χ1v) is 9.47. The summed E-state index contributed by atoms with van der Waals surface area (Å²) in [5, 5.41) is 14.0. The van der Waals surface area contributed by atoms with E-state index < -0.39 is 11.4 Å². The van der Waals surface area contributed by atoms with Crippen molar-refractivity contribution in [3.63, 3.8) is 0 Å². The molecule has 0 radical (unpaired) electrons. The van der Waals surface area contributed by atoms with Crippen LogP contribution in [-0.4, -0.2) is 47.2 Å². The summed E-state index contributed by atoms with van der Waals surface area (Å²) in [6, 6.07) is 9.18. The fourth-order valence-electron chi connectivity index (χ4n) is 3.71. The topological polar surface area (TPSA) is 92.9 Å². The Kier molecular flexibility index (Phi) is 5.72. The van der Waals surface area contributed by atoms with Gasteiger partial charge in [0.15, 0.2) is 0 Å². The van der Waals surface area contributed by atoms with Crippen molar-refractivity contribution in [3.05, 3.63) is 36.1 Å². The lowest BCUT2D eigenvalue weighted by Crippen LogP contribution is -2.51. The molecule has 1 atom stereocenters. The van der Waals surface area contributed by atoms with E-state index in [1.54, 1.807) is 18.1 Å². The number of amides is 1. The second-order valence-corrected chi connectivity index (χ2v) is 7.69. The number of methoxy groups -OCH3 is 1. The number of hydrogen-bond acceptors (Lipinski definition) is 5. The summed E-state index contributed by atoms with van der Waals surface area (Å²) >= 11 is 0. The minimum Gasteiger partial charge on any atom is -0.497 e. The van der Waals surface area contributed by atoms with Crippen LogP contribution in [0.4, 0.5) is 0 Å². The second kappa shape index (κ2) is 8.04. The summed E-state index contributed by atoms with van der Waals surface area (Å²) in [6.07, 6.45) is 1.36. The number of carboxylic acids is 1. The average Bonchev–Trinajstić information content (AvgIpc) is 3.15. The molecule has 3 rings (SSSR count). The number of ether oxygens (including phenoxy) is 1. The highest BCUT2D eigenvalue weighted by molar-refractivity contribution is 5.81. The van der Waals surface area contributed by atoms with Crippen LogP contribution in [0.1, 0.15) is 32.4 Å². The highest BCUT2D eigenvalue weighted by atomic mass is 16.5. The number of carboxylic acid groups (broad SMARTS) is 1. The molecule has 0 saturated carbocycles. The van der Waals surface area contributed by atoms with Crippen LogP contribution in [0.5, 0.6) is 5.75 Å². The van der Waals surface area contributed by atoms with Crippen molar-refractivity contribution in [1.29, 1.82) is 0 Å². The van der Waals surface area contributed by atoms with Crippen LogP contribution in [0, 0.1) is 11.3 Å². The van der Waals surface area contributed by atoms with Gasteiger partial charge in [-0.25, -0.2) is 0 Å². The van der Waals surface area contributed by atoms with Gasteiger partial charge < -0.3 is 19.3 Å². The predicted molar refractivity (Wildman–Crippen MR) is 103 cm³/mol. The van der Waals surface area contributed by atoms with Crippen LogP contribution < -0.4 is 4.74 Å². The van der Waals surface area contributed by atoms with Crippen molar-refractivity contribution in [1.82, 2.24) is 10.1 Å². The maximum atomic E-state index is 12.4. The van der Waals surface area contributed by atoms with Crippen LogP contribution in [-0.2, 0) is 16.0 Å². The zero-order valence-electron chi connectivity index (χ0n) is 16.5. The highest BCUT2D eigenvalue weighted by Crippen LogP contribution is 2.35. The van der Waals surface area contributed by atoms with Crippen molar-refractivity contribution in [2.24, 2.45) is 11.3 Å². The number of carbonyl (C=O) groups is 2. The first-order chi connectivity index (χ1) is 13.3. The number of likely N-dealkylation sites (tertiary alicyclic amines) is 1. The fourth-order valence-corrected chi connectivity index (χ4v) is 3.71. The zero-order chi connectivity index (χ0) is 20.3. The summed E-state index contributed by atoms with van der Waals surface area (Å²) in [7, 11) is 1.60. The van der Waals surface area contributed by atoms with E-state index in [-0.39, 0.29) is 24.8 Å². The Labute approximate surface area is 164 Å². The Morgan fingerprint density at radius 1 is 1.32 bits per heavy atom. The number of aromatic nitrogens is 1. The summed E-state index contributed by atoms with van der Waals surface area (Å²) in [5.74, 6) is 0.177. The molecular formula is C21H26N2O5. The molecule has 28 heavy (non-hydrogen) atoms. The molecule has 0 aliphatic carbocycles. The molecule has 1 amide bonds. The van der Waals surface area contributed by atoms with Crippen molar-refractivity contribution >= 4 is 11.9 Å². The Hall–Kier alpha value is -2.83. The van der Waals surface area contributed by atoms with Crippen LogP contribution in [0.25, 0.3) is 11.3 Å². The maximum absolute atomic E-state index is 12.4. The van der Waals surface area contributed by atoms with E-state index in [1.807, 2.05) is 38.1 Å². The molecule has 1 N–H and O–H groups in total. The molecule has 2 heterocycles. The van der Waals surface area contributed by atoms with Gasteiger partial charge in [0.2, 0.25) is 5.91 Å². The minimum absolute atomic E-state index is 0.0122. The van der Waals surface area contributed by atoms with Crippen molar-refractivity contribution < 1.29 is 24.0 Å². The monoisotopic (exact) mass is 386 g/mol. The Morgan fingerprint density at radius 2 is 2.04 bits per heavy atom. The van der Waals surface area contributed by atoms with Gasteiger partial charge in [0.05, 0.1) is 12.5 Å². The maximum Gasteiger partial charge on any atom is 0.311 e. The van der Waals surface area contributed by atoms with Crippen LogP contribution in [0.3, 0.4) is 0 Å². The zero-order valence-corrected chi connectivity index (χ0v) is 16.5. The molecular weight excluding hydrogens is 360 g/mol. The van der Waals surface area contributed by atoms with Gasteiger partial charge >= 0.3 is 5.97 Å². The number of piperidine rings is 1. The van der Waals surface area contributed by atoms with Gasteiger partial charge in [-0.05, 0) is 37.1 Å². The van der Waals surface area contributed by atoms with Gasteiger partial charge in [0.25, 0.3) is 0 Å². The molecule has 0 unspecified atom stereocenters. The van der Waals surface area contributed by atoms with Gasteiger partial charge in [0, 0.05) is 37.1 Å². The van der Waals surface area contributed by atoms with Crippen molar-refractivity contribution in [2.75, 3.05) is 20.2 Å². The molecule has 7 nitrogen and oxygen atoms in total. The Morgan fingerprint density at radius 3 is 2.64 bits per heavy atom. The lowest BCUT2D eigenvalue weighted by Gasteiger charge is -2.40. The molecule has 1 aromatic heterocycles. The van der Waals surface area contributed by atoms with E-state index in [2.05, 4.69) is 5.16 Å². The Balaban J connectivity index is 1.80. The first kappa shape index (κ1) is 19.9. The molecule has 1 fully saturated rings. The molecule has 1 aliphatic heterocycles. The number of nitrogens with zero attached hydrogens (tertiary/aromatic N) is 2. The third kappa shape index (κ3) is 4.03. The van der Waals surface area contributed by atoms with Crippen molar-refractivity contribution in [2.45, 2.75) is 33.1 Å². The third-order valence-corrected chi connectivity index (χ3v) is 5.29.